The maximum Gasteiger partial charge on any atom is 0.340 e. The molecule has 1 rings (SSSR count). The Kier molecular flexibility index (Phi) is 5.64. The van der Waals surface area contributed by atoms with E-state index in [1.54, 1.807) is 0 Å². The Morgan fingerprint density at radius 3 is 2.55 bits per heavy atom. The maximum absolute atomic E-state index is 13.5. The number of benzene rings is 1. The first kappa shape index (κ1) is 16.1. The molecule has 0 saturated carbocycles. The summed E-state index contributed by atoms with van der Waals surface area (Å²) in [6.07, 6.45) is 0.583. The highest BCUT2D eigenvalue weighted by Crippen LogP contribution is 2.21. The van der Waals surface area contributed by atoms with Gasteiger partial charge in [-0.3, -0.25) is 4.79 Å². The normalized spacial score (nSPS) is 12.2. The fourth-order valence-electron chi connectivity index (χ4n) is 1.96. The Bertz CT molecular complexity index is 503. The van der Waals surface area contributed by atoms with Crippen LogP contribution in [0.15, 0.2) is 18.2 Å². The van der Waals surface area contributed by atoms with Crippen molar-refractivity contribution in [2.75, 3.05) is 11.9 Å². The molecule has 0 radical (unpaired) electrons. The lowest BCUT2D eigenvalue weighted by Gasteiger charge is -2.17. The van der Waals surface area contributed by atoms with Crippen LogP contribution >= 0.6 is 0 Å². The molecule has 0 bridgehead atoms. The van der Waals surface area contributed by atoms with Crippen LogP contribution in [0.4, 0.5) is 10.1 Å². The molecule has 0 heterocycles. The topological polar surface area (TPSA) is 92.4 Å². The molecule has 5 nitrogen and oxygen atoms in total. The fraction of sp³-hybridized carbons (Fsp3) is 0.429. The number of nitrogens with two attached hydrogens (primary N) is 1. The fourth-order valence-corrected chi connectivity index (χ4v) is 1.96. The van der Waals surface area contributed by atoms with Crippen LogP contribution in [-0.2, 0) is 4.79 Å². The van der Waals surface area contributed by atoms with E-state index in [1.165, 1.54) is 12.1 Å². The third-order valence-corrected chi connectivity index (χ3v) is 2.90. The summed E-state index contributed by atoms with van der Waals surface area (Å²) in [5, 5.41) is 11.4. The van der Waals surface area contributed by atoms with Crippen molar-refractivity contribution in [3.63, 3.8) is 0 Å². The molecule has 0 aliphatic heterocycles. The van der Waals surface area contributed by atoms with Gasteiger partial charge in [0.2, 0.25) is 5.91 Å². The van der Waals surface area contributed by atoms with E-state index >= 15 is 0 Å². The number of carboxylic acid groups (broad SMARTS) is 1. The molecule has 110 valence electrons. The molecule has 1 amide bonds. The molecule has 20 heavy (non-hydrogen) atoms. The van der Waals surface area contributed by atoms with Gasteiger partial charge < -0.3 is 16.2 Å². The first-order valence-electron chi connectivity index (χ1n) is 6.39. The molecule has 1 aromatic carbocycles. The van der Waals surface area contributed by atoms with Crippen LogP contribution in [0, 0.1) is 17.7 Å². The average Bonchev–Trinajstić information content (AvgIpc) is 2.35. The summed E-state index contributed by atoms with van der Waals surface area (Å²) in [4.78, 5) is 23.1. The summed E-state index contributed by atoms with van der Waals surface area (Å²) < 4.78 is 13.5. The van der Waals surface area contributed by atoms with E-state index in [0.717, 1.165) is 6.07 Å². The average molecular weight is 282 g/mol. The molecule has 6 heteroatoms. The first-order chi connectivity index (χ1) is 9.36. The summed E-state index contributed by atoms with van der Waals surface area (Å²) in [5.41, 5.74) is 4.96. The minimum absolute atomic E-state index is 0.0512. The van der Waals surface area contributed by atoms with Gasteiger partial charge in [0, 0.05) is 6.54 Å². The molecule has 1 atom stereocenters. The van der Waals surface area contributed by atoms with Crippen LogP contribution in [0.2, 0.25) is 0 Å². The molecule has 0 aliphatic carbocycles. The Labute approximate surface area is 117 Å². The number of aromatic carboxylic acids is 1. The number of hydrogen-bond donors (Lipinski definition) is 3. The number of nitrogens with one attached hydrogen (secondary N) is 1. The molecule has 0 spiro atoms. The van der Waals surface area contributed by atoms with Crippen molar-refractivity contribution in [3.8, 4) is 0 Å². The summed E-state index contributed by atoms with van der Waals surface area (Å²) in [6, 6.07) is 3.73. The van der Waals surface area contributed by atoms with E-state index in [0.29, 0.717) is 6.42 Å². The third-order valence-electron chi connectivity index (χ3n) is 2.90. The molecule has 0 aromatic heterocycles. The highest BCUT2D eigenvalue weighted by atomic mass is 19.1. The van der Waals surface area contributed by atoms with Crippen LogP contribution < -0.4 is 11.1 Å². The molecule has 4 N–H and O–H groups in total. The van der Waals surface area contributed by atoms with E-state index in [1.807, 2.05) is 13.8 Å². The van der Waals surface area contributed by atoms with Crippen molar-refractivity contribution in [1.82, 2.24) is 0 Å². The summed E-state index contributed by atoms with van der Waals surface area (Å²) in [7, 11) is 0. The molecule has 0 aliphatic rings. The van der Waals surface area contributed by atoms with Gasteiger partial charge in [-0.05, 0) is 24.5 Å². The van der Waals surface area contributed by atoms with Gasteiger partial charge in [-0.1, -0.05) is 19.9 Å². The molecule has 0 saturated heterocycles. The zero-order valence-corrected chi connectivity index (χ0v) is 11.5. The van der Waals surface area contributed by atoms with E-state index < -0.39 is 29.2 Å². The van der Waals surface area contributed by atoms with Crippen molar-refractivity contribution in [2.24, 2.45) is 17.6 Å². The molecular weight excluding hydrogens is 263 g/mol. The van der Waals surface area contributed by atoms with Crippen LogP contribution in [-0.4, -0.2) is 23.5 Å². The lowest BCUT2D eigenvalue weighted by Crippen LogP contribution is -2.31. The molecule has 0 fully saturated rings. The van der Waals surface area contributed by atoms with Crippen molar-refractivity contribution < 1.29 is 19.1 Å². The number of halogens is 1. The van der Waals surface area contributed by atoms with Crippen molar-refractivity contribution in [1.29, 1.82) is 0 Å². The van der Waals surface area contributed by atoms with Crippen LogP contribution in [0.1, 0.15) is 30.6 Å². The Morgan fingerprint density at radius 1 is 1.40 bits per heavy atom. The number of carbonyl (C=O) groups is 2. The first-order valence-corrected chi connectivity index (χ1v) is 6.39. The van der Waals surface area contributed by atoms with Gasteiger partial charge in [-0.15, -0.1) is 0 Å². The Hall–Kier alpha value is -1.95. The number of amides is 1. The minimum atomic E-state index is -1.42. The highest BCUT2D eigenvalue weighted by molar-refractivity contribution is 6.01. The van der Waals surface area contributed by atoms with Crippen LogP contribution in [0.3, 0.4) is 0 Å². The molecular formula is C14H19FN2O3. The molecule has 1 aromatic rings. The predicted octanol–water partition coefficient (Wildman–Crippen LogP) is 2.08. The number of carboxylic acids is 1. The second-order valence-corrected chi connectivity index (χ2v) is 5.02. The summed E-state index contributed by atoms with van der Waals surface area (Å²) >= 11 is 0. The second-order valence-electron chi connectivity index (χ2n) is 5.02. The predicted molar refractivity (Wildman–Crippen MR) is 74.0 cm³/mol. The Balaban J connectivity index is 2.95. The van der Waals surface area contributed by atoms with Crippen LogP contribution in [0.25, 0.3) is 0 Å². The largest absolute Gasteiger partial charge is 0.478 e. The number of carbonyl (C=O) groups excluding carboxylic acids is 1. The monoisotopic (exact) mass is 282 g/mol. The van der Waals surface area contributed by atoms with E-state index in [9.17, 15) is 14.0 Å². The van der Waals surface area contributed by atoms with Crippen LogP contribution in [0.5, 0.6) is 0 Å². The number of hydrogen-bond acceptors (Lipinski definition) is 3. The third kappa shape index (κ3) is 4.03. The highest BCUT2D eigenvalue weighted by Gasteiger charge is 2.22. The zero-order valence-electron chi connectivity index (χ0n) is 11.5. The zero-order chi connectivity index (χ0) is 15.3. The van der Waals surface area contributed by atoms with Gasteiger partial charge in [0.25, 0.3) is 0 Å². The van der Waals surface area contributed by atoms with Gasteiger partial charge in [0.05, 0.1) is 11.6 Å². The smallest absolute Gasteiger partial charge is 0.340 e. The summed E-state index contributed by atoms with van der Waals surface area (Å²) in [6.45, 7) is 4.07. The van der Waals surface area contributed by atoms with Crippen molar-refractivity contribution >= 4 is 17.6 Å². The lowest BCUT2D eigenvalue weighted by molar-refractivity contribution is -0.120. The van der Waals surface area contributed by atoms with Gasteiger partial charge >= 0.3 is 5.97 Å². The van der Waals surface area contributed by atoms with E-state index in [2.05, 4.69) is 5.32 Å². The van der Waals surface area contributed by atoms with Gasteiger partial charge in [0.1, 0.15) is 11.4 Å². The SMILES string of the molecule is CC(C)CC(CN)C(=O)Nc1cccc(F)c1C(=O)O. The van der Waals surface area contributed by atoms with Gasteiger partial charge in [0.15, 0.2) is 0 Å². The minimum Gasteiger partial charge on any atom is -0.478 e. The second kappa shape index (κ2) is 7.00. The number of rotatable bonds is 6. The standard InChI is InChI=1S/C14H19FN2O3/c1-8(2)6-9(7-16)13(18)17-11-5-3-4-10(15)12(11)14(19)20/h3-5,8-9H,6-7,16H2,1-2H3,(H,17,18)(H,19,20). The lowest BCUT2D eigenvalue weighted by atomic mass is 9.96. The van der Waals surface area contributed by atoms with E-state index in [-0.39, 0.29) is 18.2 Å². The molecule has 1 unspecified atom stereocenters. The maximum atomic E-state index is 13.5. The van der Waals surface area contributed by atoms with Gasteiger partial charge in [-0.25, -0.2) is 9.18 Å². The summed E-state index contributed by atoms with van der Waals surface area (Å²) in [5.74, 6) is -2.86. The quantitative estimate of drug-likeness (QED) is 0.744. The van der Waals surface area contributed by atoms with Crippen molar-refractivity contribution in [2.45, 2.75) is 20.3 Å². The Morgan fingerprint density at radius 2 is 2.05 bits per heavy atom. The van der Waals surface area contributed by atoms with E-state index in [4.69, 9.17) is 10.8 Å². The van der Waals surface area contributed by atoms with Gasteiger partial charge in [-0.2, -0.15) is 0 Å². The number of anilines is 1. The van der Waals surface area contributed by atoms with Crippen molar-refractivity contribution in [3.05, 3.63) is 29.6 Å².